The second-order valence-electron chi connectivity index (χ2n) is 7.77. The minimum absolute atomic E-state index is 0.0186. The lowest BCUT2D eigenvalue weighted by Gasteiger charge is -2.46. The highest BCUT2D eigenvalue weighted by Crippen LogP contribution is 2.35. The van der Waals surface area contributed by atoms with Crippen LogP contribution in [0.3, 0.4) is 0 Å². The van der Waals surface area contributed by atoms with Crippen molar-refractivity contribution < 1.29 is 13.2 Å². The molecule has 3 aliphatic rings. The van der Waals surface area contributed by atoms with E-state index in [0.29, 0.717) is 23.3 Å². The van der Waals surface area contributed by atoms with E-state index in [-0.39, 0.29) is 29.5 Å². The zero-order valence-corrected chi connectivity index (χ0v) is 16.4. The number of fused-ring (bicyclic) bond motifs is 1. The summed E-state index contributed by atoms with van der Waals surface area (Å²) >= 11 is 6.11. The highest BCUT2D eigenvalue weighted by atomic mass is 35.5. The van der Waals surface area contributed by atoms with Gasteiger partial charge in [-0.1, -0.05) is 43.4 Å². The van der Waals surface area contributed by atoms with Crippen molar-refractivity contribution in [1.82, 2.24) is 4.90 Å². The zero-order chi connectivity index (χ0) is 18.3. The highest BCUT2D eigenvalue weighted by molar-refractivity contribution is 7.91. The van der Waals surface area contributed by atoms with E-state index in [1.807, 2.05) is 6.07 Å². The van der Waals surface area contributed by atoms with Crippen LogP contribution in [0.15, 0.2) is 24.3 Å². The molecule has 142 valence electrons. The third kappa shape index (κ3) is 3.51. The third-order valence-electron chi connectivity index (χ3n) is 6.02. The maximum atomic E-state index is 13.0. The van der Waals surface area contributed by atoms with Crippen LogP contribution in [-0.4, -0.2) is 55.4 Å². The maximum Gasteiger partial charge on any atom is 0.241 e. The normalized spacial score (nSPS) is 30.2. The van der Waals surface area contributed by atoms with E-state index in [4.69, 9.17) is 11.6 Å². The Morgan fingerprint density at radius 3 is 2.38 bits per heavy atom. The van der Waals surface area contributed by atoms with Gasteiger partial charge in [0.15, 0.2) is 9.84 Å². The van der Waals surface area contributed by atoms with E-state index in [2.05, 4.69) is 4.90 Å². The van der Waals surface area contributed by atoms with Gasteiger partial charge >= 0.3 is 0 Å². The molecule has 4 rings (SSSR count). The van der Waals surface area contributed by atoms with Crippen molar-refractivity contribution in [3.8, 4) is 0 Å². The molecule has 5 nitrogen and oxygen atoms in total. The van der Waals surface area contributed by atoms with Gasteiger partial charge in [0.25, 0.3) is 0 Å². The quantitative estimate of drug-likeness (QED) is 0.721. The summed E-state index contributed by atoms with van der Waals surface area (Å²) in [5, 5.41) is 0.555. The molecule has 1 aromatic rings. The summed E-state index contributed by atoms with van der Waals surface area (Å²) in [6.45, 7) is 0.299. The summed E-state index contributed by atoms with van der Waals surface area (Å²) in [5.41, 5.74) is 0.704. The summed E-state index contributed by atoms with van der Waals surface area (Å²) in [6.07, 6.45) is 6.93. The number of piperazine rings is 1. The van der Waals surface area contributed by atoms with E-state index in [1.54, 1.807) is 23.1 Å². The summed E-state index contributed by atoms with van der Waals surface area (Å²) < 4.78 is 24.9. The number of hydrogen-bond donors (Lipinski definition) is 0. The fourth-order valence-corrected chi connectivity index (χ4v) is 7.01. The number of anilines is 1. The number of halogens is 1. The van der Waals surface area contributed by atoms with Gasteiger partial charge in [0.1, 0.15) is 0 Å². The van der Waals surface area contributed by atoms with E-state index < -0.39 is 9.84 Å². The Morgan fingerprint density at radius 2 is 1.69 bits per heavy atom. The standard InChI is InChI=1S/C19H25ClN2O3S/c20-14-6-5-9-16(10-14)22-18-13-26(24,25)12-17(18)21(11-19(22)23)15-7-3-1-2-4-8-15/h5-6,9-10,15,17-18H,1-4,7-8,11-13H2. The molecule has 2 aliphatic heterocycles. The van der Waals surface area contributed by atoms with Gasteiger partial charge < -0.3 is 4.90 Å². The molecule has 1 aliphatic carbocycles. The van der Waals surface area contributed by atoms with Gasteiger partial charge in [-0.2, -0.15) is 0 Å². The summed E-state index contributed by atoms with van der Waals surface area (Å²) in [4.78, 5) is 16.9. The first kappa shape index (κ1) is 18.3. The zero-order valence-electron chi connectivity index (χ0n) is 14.8. The van der Waals surface area contributed by atoms with Crippen molar-refractivity contribution >= 4 is 33.0 Å². The lowest BCUT2D eigenvalue weighted by atomic mass is 9.97. The van der Waals surface area contributed by atoms with E-state index >= 15 is 0 Å². The molecule has 0 radical (unpaired) electrons. The molecule has 3 fully saturated rings. The second-order valence-corrected chi connectivity index (χ2v) is 10.4. The molecule has 0 bridgehead atoms. The Kier molecular flexibility index (Phi) is 5.01. The molecule has 2 atom stereocenters. The molecule has 2 heterocycles. The number of nitrogens with zero attached hydrogens (tertiary/aromatic N) is 2. The van der Waals surface area contributed by atoms with Crippen molar-refractivity contribution in [2.75, 3.05) is 23.0 Å². The Morgan fingerprint density at radius 1 is 1.00 bits per heavy atom. The van der Waals surface area contributed by atoms with Crippen molar-refractivity contribution in [1.29, 1.82) is 0 Å². The Balaban J connectivity index is 1.68. The lowest BCUT2D eigenvalue weighted by molar-refractivity contribution is -0.124. The van der Waals surface area contributed by atoms with Gasteiger partial charge in [-0.3, -0.25) is 9.69 Å². The van der Waals surface area contributed by atoms with Crippen LogP contribution in [0.2, 0.25) is 5.02 Å². The number of carbonyl (C=O) groups excluding carboxylic acids is 1. The molecule has 0 N–H and O–H groups in total. The molecule has 1 saturated carbocycles. The van der Waals surface area contributed by atoms with Crippen molar-refractivity contribution in [2.45, 2.75) is 56.7 Å². The minimum atomic E-state index is -3.15. The number of rotatable bonds is 2. The molecule has 1 aromatic carbocycles. The number of benzene rings is 1. The van der Waals surface area contributed by atoms with E-state index in [1.165, 1.54) is 12.8 Å². The summed E-state index contributed by atoms with van der Waals surface area (Å²) in [7, 11) is -3.15. The smallest absolute Gasteiger partial charge is 0.241 e. The Labute approximate surface area is 160 Å². The van der Waals surface area contributed by atoms with E-state index in [0.717, 1.165) is 25.7 Å². The molecule has 0 aromatic heterocycles. The summed E-state index contributed by atoms with van der Waals surface area (Å²) in [5.74, 6) is 0.173. The average molecular weight is 397 g/mol. The first-order valence-corrected chi connectivity index (χ1v) is 11.7. The molecule has 7 heteroatoms. The molecule has 2 saturated heterocycles. The number of hydrogen-bond acceptors (Lipinski definition) is 4. The average Bonchev–Trinajstić information content (AvgIpc) is 2.75. The maximum absolute atomic E-state index is 13.0. The van der Waals surface area contributed by atoms with Crippen LogP contribution in [0.1, 0.15) is 38.5 Å². The van der Waals surface area contributed by atoms with Crippen molar-refractivity contribution in [2.24, 2.45) is 0 Å². The Bertz CT molecular complexity index is 790. The van der Waals surface area contributed by atoms with Gasteiger partial charge in [0.05, 0.1) is 24.1 Å². The van der Waals surface area contributed by atoms with Crippen LogP contribution in [0.5, 0.6) is 0 Å². The monoisotopic (exact) mass is 396 g/mol. The van der Waals surface area contributed by atoms with Gasteiger partial charge in [-0.05, 0) is 31.0 Å². The minimum Gasteiger partial charge on any atom is -0.306 e. The number of amides is 1. The van der Waals surface area contributed by atoms with E-state index in [9.17, 15) is 13.2 Å². The Hall–Kier alpha value is -1.11. The number of sulfone groups is 1. The van der Waals surface area contributed by atoms with Crippen LogP contribution in [0.4, 0.5) is 5.69 Å². The SMILES string of the molecule is O=C1CN(C2CCCCCC2)C2CS(=O)(=O)CC2N1c1cccc(Cl)c1. The van der Waals surface area contributed by atoms with Gasteiger partial charge in [-0.15, -0.1) is 0 Å². The number of carbonyl (C=O) groups is 1. The van der Waals surface area contributed by atoms with Crippen LogP contribution in [0, 0.1) is 0 Å². The summed E-state index contributed by atoms with van der Waals surface area (Å²) in [6, 6.07) is 7.06. The molecule has 26 heavy (non-hydrogen) atoms. The van der Waals surface area contributed by atoms with Gasteiger partial charge in [-0.25, -0.2) is 8.42 Å². The fraction of sp³-hybridized carbons (Fsp3) is 0.632. The predicted molar refractivity (Wildman–Crippen MR) is 103 cm³/mol. The first-order valence-electron chi connectivity index (χ1n) is 9.48. The van der Waals surface area contributed by atoms with Crippen LogP contribution < -0.4 is 4.90 Å². The molecular weight excluding hydrogens is 372 g/mol. The van der Waals surface area contributed by atoms with Crippen LogP contribution in [-0.2, 0) is 14.6 Å². The van der Waals surface area contributed by atoms with Gasteiger partial charge in [0, 0.05) is 22.8 Å². The molecular formula is C19H25ClN2O3S. The third-order valence-corrected chi connectivity index (χ3v) is 7.95. The van der Waals surface area contributed by atoms with Crippen molar-refractivity contribution in [3.63, 3.8) is 0 Å². The lowest BCUT2D eigenvalue weighted by Crippen LogP contribution is -2.64. The van der Waals surface area contributed by atoms with Crippen LogP contribution in [0.25, 0.3) is 0 Å². The van der Waals surface area contributed by atoms with Crippen molar-refractivity contribution in [3.05, 3.63) is 29.3 Å². The largest absolute Gasteiger partial charge is 0.306 e. The predicted octanol–water partition coefficient (Wildman–Crippen LogP) is 2.88. The highest BCUT2D eigenvalue weighted by Gasteiger charge is 2.51. The first-order chi connectivity index (χ1) is 12.4. The molecule has 1 amide bonds. The fourth-order valence-electron chi connectivity index (χ4n) is 4.86. The topological polar surface area (TPSA) is 57.7 Å². The van der Waals surface area contributed by atoms with Crippen LogP contribution >= 0.6 is 11.6 Å². The molecule has 0 spiro atoms. The molecule has 2 unspecified atom stereocenters. The second kappa shape index (κ2) is 7.13. The van der Waals surface area contributed by atoms with Gasteiger partial charge in [0.2, 0.25) is 5.91 Å².